The summed E-state index contributed by atoms with van der Waals surface area (Å²) in [6.07, 6.45) is 1.70. The van der Waals surface area contributed by atoms with Gasteiger partial charge in [0.2, 0.25) is 0 Å². The molecule has 0 aliphatic carbocycles. The van der Waals surface area contributed by atoms with Crippen LogP contribution in [-0.4, -0.2) is 23.3 Å². The van der Waals surface area contributed by atoms with Crippen LogP contribution in [0.1, 0.15) is 40.5 Å². The summed E-state index contributed by atoms with van der Waals surface area (Å²) >= 11 is 0. The average molecular weight is 283 g/mol. The lowest BCUT2D eigenvalue weighted by molar-refractivity contribution is 0.0608. The van der Waals surface area contributed by atoms with Crippen molar-refractivity contribution in [3.8, 4) is 0 Å². The molecule has 0 unspecified atom stereocenters. The van der Waals surface area contributed by atoms with Gasteiger partial charge in [0.05, 0.1) is 16.9 Å². The van der Waals surface area contributed by atoms with E-state index >= 15 is 0 Å². The molecule has 0 aromatic heterocycles. The van der Waals surface area contributed by atoms with Crippen LogP contribution in [0.5, 0.6) is 0 Å². The van der Waals surface area contributed by atoms with Gasteiger partial charge in [-0.25, -0.2) is 0 Å². The number of rotatable bonds is 3. The number of carbonyl (C=O) groups excluding carboxylic acids is 2. The van der Waals surface area contributed by atoms with Gasteiger partial charge in [-0.05, 0) is 18.6 Å². The largest absolute Gasteiger partial charge is 0.397 e. The summed E-state index contributed by atoms with van der Waals surface area (Å²) < 4.78 is 0. The van der Waals surface area contributed by atoms with Gasteiger partial charge < -0.3 is 11.5 Å². The number of imide groups is 1. The van der Waals surface area contributed by atoms with E-state index in [0.29, 0.717) is 39.8 Å². The fourth-order valence-electron chi connectivity index (χ4n) is 2.78. The molecular formula is C16H17N3O2. The van der Waals surface area contributed by atoms with Crippen LogP contribution in [0, 0.1) is 0 Å². The Morgan fingerprint density at radius 2 is 1.81 bits per heavy atom. The maximum Gasteiger partial charge on any atom is 0.261 e. The van der Waals surface area contributed by atoms with Gasteiger partial charge in [-0.3, -0.25) is 14.5 Å². The van der Waals surface area contributed by atoms with Crippen LogP contribution < -0.4 is 11.5 Å². The van der Waals surface area contributed by atoms with Gasteiger partial charge in [-0.15, -0.1) is 0 Å². The van der Waals surface area contributed by atoms with Gasteiger partial charge in [0, 0.05) is 22.9 Å². The van der Waals surface area contributed by atoms with E-state index in [1.807, 2.05) is 6.92 Å². The Morgan fingerprint density at radius 1 is 1.10 bits per heavy atom. The SMILES string of the molecule is CCCCN1C(=O)c2cccc3c(N)c(N)cc(c23)C1=O. The summed E-state index contributed by atoms with van der Waals surface area (Å²) in [7, 11) is 0. The minimum Gasteiger partial charge on any atom is -0.397 e. The third-order valence-corrected chi connectivity index (χ3v) is 3.92. The van der Waals surface area contributed by atoms with Crippen molar-refractivity contribution in [2.24, 2.45) is 0 Å². The van der Waals surface area contributed by atoms with Crippen molar-refractivity contribution in [2.75, 3.05) is 18.0 Å². The molecule has 4 N–H and O–H groups in total. The molecule has 2 aromatic carbocycles. The highest BCUT2D eigenvalue weighted by Crippen LogP contribution is 2.36. The first-order chi connectivity index (χ1) is 10.1. The van der Waals surface area contributed by atoms with Crippen molar-refractivity contribution in [2.45, 2.75) is 19.8 Å². The zero-order valence-corrected chi connectivity index (χ0v) is 11.8. The Balaban J connectivity index is 2.28. The molecule has 0 bridgehead atoms. The first-order valence-electron chi connectivity index (χ1n) is 7.03. The van der Waals surface area contributed by atoms with Crippen LogP contribution in [0.15, 0.2) is 24.3 Å². The van der Waals surface area contributed by atoms with Crippen molar-refractivity contribution in [1.82, 2.24) is 4.90 Å². The Kier molecular flexibility index (Phi) is 3.05. The summed E-state index contributed by atoms with van der Waals surface area (Å²) in [6, 6.07) is 6.86. The van der Waals surface area contributed by atoms with Gasteiger partial charge in [0.25, 0.3) is 11.8 Å². The summed E-state index contributed by atoms with van der Waals surface area (Å²) in [6.45, 7) is 2.44. The van der Waals surface area contributed by atoms with Crippen LogP contribution in [0.25, 0.3) is 10.8 Å². The second-order valence-electron chi connectivity index (χ2n) is 5.27. The molecule has 0 radical (unpaired) electrons. The van der Waals surface area contributed by atoms with E-state index in [2.05, 4.69) is 0 Å². The highest BCUT2D eigenvalue weighted by atomic mass is 16.2. The normalized spacial score (nSPS) is 14.0. The molecule has 0 fully saturated rings. The number of nitrogen functional groups attached to an aromatic ring is 2. The zero-order valence-electron chi connectivity index (χ0n) is 11.8. The van der Waals surface area contributed by atoms with Gasteiger partial charge >= 0.3 is 0 Å². The van der Waals surface area contributed by atoms with E-state index in [4.69, 9.17) is 11.5 Å². The molecule has 0 atom stereocenters. The van der Waals surface area contributed by atoms with Gasteiger partial charge in [0.1, 0.15) is 0 Å². The smallest absolute Gasteiger partial charge is 0.261 e. The molecule has 108 valence electrons. The van der Waals surface area contributed by atoms with Crippen LogP contribution in [-0.2, 0) is 0 Å². The van der Waals surface area contributed by atoms with Crippen molar-refractivity contribution < 1.29 is 9.59 Å². The lowest BCUT2D eigenvalue weighted by Crippen LogP contribution is -2.41. The number of carbonyl (C=O) groups is 2. The molecule has 2 amide bonds. The summed E-state index contributed by atoms with van der Waals surface area (Å²) in [5.41, 5.74) is 13.6. The number of hydrogen-bond donors (Lipinski definition) is 2. The van der Waals surface area contributed by atoms with Crippen LogP contribution in [0.2, 0.25) is 0 Å². The number of nitrogens with two attached hydrogens (primary N) is 2. The lowest BCUT2D eigenvalue weighted by Gasteiger charge is -2.27. The molecule has 21 heavy (non-hydrogen) atoms. The summed E-state index contributed by atoms with van der Waals surface area (Å²) in [4.78, 5) is 26.4. The third-order valence-electron chi connectivity index (χ3n) is 3.92. The zero-order chi connectivity index (χ0) is 15.1. The number of anilines is 2. The summed E-state index contributed by atoms with van der Waals surface area (Å²) in [5.74, 6) is -0.542. The quantitative estimate of drug-likeness (QED) is 0.668. The predicted molar refractivity (Wildman–Crippen MR) is 83.0 cm³/mol. The highest BCUT2D eigenvalue weighted by Gasteiger charge is 2.33. The number of benzene rings is 2. The van der Waals surface area contributed by atoms with Crippen molar-refractivity contribution in [3.05, 3.63) is 35.4 Å². The Bertz CT molecular complexity index is 768. The molecule has 3 rings (SSSR count). The first-order valence-corrected chi connectivity index (χ1v) is 7.03. The maximum absolute atomic E-state index is 12.6. The number of amides is 2. The molecule has 0 saturated carbocycles. The van der Waals surface area contributed by atoms with E-state index in [9.17, 15) is 9.59 Å². The fourth-order valence-corrected chi connectivity index (χ4v) is 2.78. The van der Waals surface area contributed by atoms with Crippen LogP contribution in [0.3, 0.4) is 0 Å². The number of unbranched alkanes of at least 4 members (excludes halogenated alkanes) is 1. The van der Waals surface area contributed by atoms with Crippen molar-refractivity contribution >= 4 is 34.0 Å². The lowest BCUT2D eigenvalue weighted by atomic mass is 9.92. The van der Waals surface area contributed by atoms with Gasteiger partial charge in [0.15, 0.2) is 0 Å². The Morgan fingerprint density at radius 3 is 2.52 bits per heavy atom. The highest BCUT2D eigenvalue weighted by molar-refractivity contribution is 6.27. The maximum atomic E-state index is 12.6. The van der Waals surface area contributed by atoms with E-state index in [1.54, 1.807) is 24.3 Å². The fraction of sp³-hybridized carbons (Fsp3) is 0.250. The molecule has 0 spiro atoms. The second kappa shape index (κ2) is 4.77. The van der Waals surface area contributed by atoms with Gasteiger partial charge in [-0.2, -0.15) is 0 Å². The van der Waals surface area contributed by atoms with Crippen LogP contribution >= 0.6 is 0 Å². The summed E-state index contributed by atoms with van der Waals surface area (Å²) in [5, 5.41) is 1.28. The topological polar surface area (TPSA) is 89.4 Å². The molecule has 0 saturated heterocycles. The molecule has 5 nitrogen and oxygen atoms in total. The third kappa shape index (κ3) is 1.85. The van der Waals surface area contributed by atoms with E-state index in [1.165, 1.54) is 4.90 Å². The number of nitrogens with zero attached hydrogens (tertiary/aromatic N) is 1. The van der Waals surface area contributed by atoms with Crippen molar-refractivity contribution in [1.29, 1.82) is 0 Å². The molecule has 5 heteroatoms. The van der Waals surface area contributed by atoms with E-state index < -0.39 is 0 Å². The first kappa shape index (κ1) is 13.4. The van der Waals surface area contributed by atoms with Gasteiger partial charge in [-0.1, -0.05) is 25.5 Å². The molecule has 1 heterocycles. The Hall–Kier alpha value is -2.56. The number of hydrogen-bond acceptors (Lipinski definition) is 4. The average Bonchev–Trinajstić information content (AvgIpc) is 2.49. The monoisotopic (exact) mass is 283 g/mol. The predicted octanol–water partition coefficient (Wildman–Crippen LogP) is 2.40. The van der Waals surface area contributed by atoms with Crippen LogP contribution in [0.4, 0.5) is 11.4 Å². The minimum absolute atomic E-state index is 0.254. The van der Waals surface area contributed by atoms with E-state index in [0.717, 1.165) is 12.8 Å². The molecule has 1 aliphatic heterocycles. The van der Waals surface area contributed by atoms with E-state index in [-0.39, 0.29) is 11.8 Å². The molecule has 2 aromatic rings. The second-order valence-corrected chi connectivity index (χ2v) is 5.27. The van der Waals surface area contributed by atoms with Crippen molar-refractivity contribution in [3.63, 3.8) is 0 Å². The Labute approximate surface area is 122 Å². The standard InChI is InChI=1S/C16H17N3O2/c1-2-3-7-19-15(20)10-6-4-5-9-13(10)11(16(19)21)8-12(17)14(9)18/h4-6,8H,2-3,7,17-18H2,1H3. The minimum atomic E-state index is -0.288. The molecule has 1 aliphatic rings. The molecular weight excluding hydrogens is 266 g/mol.